The fraction of sp³-hybridized carbons (Fsp3) is 0.500. The number of hydrogen-bond acceptors (Lipinski definition) is 2. The summed E-state index contributed by atoms with van der Waals surface area (Å²) in [6.07, 6.45) is -0.907. The minimum Gasteiger partial charge on any atom is -0.389 e. The smallest absolute Gasteiger partial charge is 0.117 e. The van der Waals surface area contributed by atoms with Crippen LogP contribution in [0.2, 0.25) is 0 Å². The molecule has 2 nitrogen and oxygen atoms in total. The van der Waals surface area contributed by atoms with Crippen LogP contribution in [0, 0.1) is 13.8 Å². The molecule has 3 heteroatoms. The lowest BCUT2D eigenvalue weighted by Gasteiger charge is -2.22. The lowest BCUT2D eigenvalue weighted by molar-refractivity contribution is 0.146. The molecular formula is C12H18FNO. The Morgan fingerprint density at radius 2 is 1.80 bits per heavy atom. The van der Waals surface area contributed by atoms with E-state index in [0.29, 0.717) is 6.54 Å². The van der Waals surface area contributed by atoms with E-state index in [-0.39, 0.29) is 0 Å². The Balaban J connectivity index is 2.77. The van der Waals surface area contributed by atoms with Crippen LogP contribution < -0.4 is 4.90 Å². The molecule has 1 atom stereocenters. The molecule has 0 aliphatic rings. The van der Waals surface area contributed by atoms with Crippen molar-refractivity contribution in [1.82, 2.24) is 0 Å². The largest absolute Gasteiger partial charge is 0.389 e. The molecule has 1 aromatic rings. The molecule has 0 aliphatic heterocycles. The zero-order valence-electron chi connectivity index (χ0n) is 9.50. The van der Waals surface area contributed by atoms with Crippen LogP contribution in [0.5, 0.6) is 0 Å². The van der Waals surface area contributed by atoms with E-state index in [1.807, 2.05) is 37.9 Å². The maximum Gasteiger partial charge on any atom is 0.117 e. The quantitative estimate of drug-likeness (QED) is 0.824. The lowest BCUT2D eigenvalue weighted by Crippen LogP contribution is -2.30. The van der Waals surface area contributed by atoms with Crippen LogP contribution in [-0.2, 0) is 0 Å². The highest BCUT2D eigenvalue weighted by Gasteiger charge is 2.08. The van der Waals surface area contributed by atoms with E-state index >= 15 is 0 Å². The van der Waals surface area contributed by atoms with Gasteiger partial charge in [-0.2, -0.15) is 0 Å². The van der Waals surface area contributed by atoms with E-state index in [2.05, 4.69) is 6.07 Å². The fourth-order valence-corrected chi connectivity index (χ4v) is 1.64. The summed E-state index contributed by atoms with van der Waals surface area (Å²) in [5.41, 5.74) is 3.36. The Bertz CT molecular complexity index is 307. The van der Waals surface area contributed by atoms with E-state index in [1.165, 1.54) is 11.1 Å². The van der Waals surface area contributed by atoms with Crippen LogP contribution in [0.15, 0.2) is 18.2 Å². The molecule has 0 saturated heterocycles. The number of aliphatic hydroxyl groups is 1. The van der Waals surface area contributed by atoms with Crippen molar-refractivity contribution in [2.24, 2.45) is 0 Å². The number of rotatable bonds is 4. The molecule has 0 saturated carbocycles. The van der Waals surface area contributed by atoms with Gasteiger partial charge in [-0.3, -0.25) is 0 Å². The number of likely N-dealkylation sites (N-methyl/N-ethyl adjacent to an activating group) is 1. The van der Waals surface area contributed by atoms with Crippen LogP contribution in [0.4, 0.5) is 10.1 Å². The monoisotopic (exact) mass is 211 g/mol. The van der Waals surface area contributed by atoms with Crippen LogP contribution in [0.1, 0.15) is 11.1 Å². The minimum atomic E-state index is -0.907. The molecule has 0 bridgehead atoms. The number of hydrogen-bond donors (Lipinski definition) is 1. The van der Waals surface area contributed by atoms with Gasteiger partial charge in [0.15, 0.2) is 0 Å². The summed E-state index contributed by atoms with van der Waals surface area (Å²) in [5.74, 6) is 0. The second-order valence-corrected chi connectivity index (χ2v) is 4.03. The predicted molar refractivity (Wildman–Crippen MR) is 61.2 cm³/mol. The van der Waals surface area contributed by atoms with Crippen LogP contribution >= 0.6 is 0 Å². The van der Waals surface area contributed by atoms with Gasteiger partial charge in [0.05, 0.1) is 6.10 Å². The van der Waals surface area contributed by atoms with Gasteiger partial charge in [0, 0.05) is 19.3 Å². The molecule has 15 heavy (non-hydrogen) atoms. The molecule has 1 unspecified atom stereocenters. The topological polar surface area (TPSA) is 23.5 Å². The van der Waals surface area contributed by atoms with Crippen molar-refractivity contribution in [2.75, 3.05) is 25.2 Å². The maximum absolute atomic E-state index is 12.1. The molecule has 0 aromatic heterocycles. The summed E-state index contributed by atoms with van der Waals surface area (Å²) in [7, 11) is 1.85. The molecule has 84 valence electrons. The molecule has 0 fully saturated rings. The van der Waals surface area contributed by atoms with Gasteiger partial charge < -0.3 is 10.0 Å². The van der Waals surface area contributed by atoms with Crippen molar-refractivity contribution in [3.8, 4) is 0 Å². The third-order valence-corrected chi connectivity index (χ3v) is 2.31. The number of halogens is 1. The molecule has 1 aromatic carbocycles. The Morgan fingerprint density at radius 1 is 1.27 bits per heavy atom. The highest BCUT2D eigenvalue weighted by atomic mass is 19.1. The Hall–Kier alpha value is -1.09. The number of benzene rings is 1. The third kappa shape index (κ3) is 3.51. The van der Waals surface area contributed by atoms with E-state index < -0.39 is 12.8 Å². The SMILES string of the molecule is Cc1cc(C)cc(N(C)CC(O)CF)c1. The number of alkyl halides is 1. The Morgan fingerprint density at radius 3 is 2.27 bits per heavy atom. The van der Waals surface area contributed by atoms with Gasteiger partial charge in [-0.15, -0.1) is 0 Å². The van der Waals surface area contributed by atoms with Crippen molar-refractivity contribution < 1.29 is 9.50 Å². The molecule has 1 N–H and O–H groups in total. The maximum atomic E-state index is 12.1. The van der Waals surface area contributed by atoms with Gasteiger partial charge in [-0.1, -0.05) is 6.07 Å². The lowest BCUT2D eigenvalue weighted by atomic mass is 10.1. The van der Waals surface area contributed by atoms with E-state index in [4.69, 9.17) is 0 Å². The number of aryl methyl sites for hydroxylation is 2. The predicted octanol–water partition coefficient (Wildman–Crippen LogP) is 2.07. The van der Waals surface area contributed by atoms with Gasteiger partial charge in [-0.25, -0.2) is 4.39 Å². The van der Waals surface area contributed by atoms with Crippen molar-refractivity contribution >= 4 is 5.69 Å². The molecule has 0 aliphatic carbocycles. The zero-order chi connectivity index (χ0) is 11.4. The fourth-order valence-electron chi connectivity index (χ4n) is 1.64. The summed E-state index contributed by atoms with van der Waals surface area (Å²) in [4.78, 5) is 1.87. The zero-order valence-corrected chi connectivity index (χ0v) is 9.50. The summed E-state index contributed by atoms with van der Waals surface area (Å²) in [6.45, 7) is 3.67. The molecule has 1 rings (SSSR count). The van der Waals surface area contributed by atoms with Gasteiger partial charge in [0.25, 0.3) is 0 Å². The van der Waals surface area contributed by atoms with Crippen molar-refractivity contribution in [3.63, 3.8) is 0 Å². The summed E-state index contributed by atoms with van der Waals surface area (Å²) in [5, 5.41) is 9.21. The first-order chi connectivity index (χ1) is 7.02. The number of aliphatic hydroxyl groups excluding tert-OH is 1. The summed E-state index contributed by atoms with van der Waals surface area (Å²) in [6, 6.07) is 6.14. The molecule has 0 heterocycles. The average molecular weight is 211 g/mol. The van der Waals surface area contributed by atoms with E-state index in [0.717, 1.165) is 5.69 Å². The van der Waals surface area contributed by atoms with Gasteiger partial charge in [-0.05, 0) is 37.1 Å². The van der Waals surface area contributed by atoms with Crippen molar-refractivity contribution in [3.05, 3.63) is 29.3 Å². The molecule has 0 spiro atoms. The van der Waals surface area contributed by atoms with E-state index in [1.54, 1.807) is 0 Å². The molecule has 0 radical (unpaired) electrons. The number of anilines is 1. The van der Waals surface area contributed by atoms with Gasteiger partial charge in [0.2, 0.25) is 0 Å². The standard InChI is InChI=1S/C12H18FNO/c1-9-4-10(2)6-11(5-9)14(3)8-12(15)7-13/h4-6,12,15H,7-8H2,1-3H3. The molecular weight excluding hydrogens is 193 g/mol. The average Bonchev–Trinajstić information content (AvgIpc) is 2.16. The summed E-state index contributed by atoms with van der Waals surface area (Å²) < 4.78 is 12.1. The minimum absolute atomic E-state index is 0.319. The van der Waals surface area contributed by atoms with Crippen molar-refractivity contribution in [2.45, 2.75) is 20.0 Å². The van der Waals surface area contributed by atoms with E-state index in [9.17, 15) is 9.50 Å². The Labute approximate surface area is 90.3 Å². The van der Waals surface area contributed by atoms with Gasteiger partial charge in [0.1, 0.15) is 6.67 Å². The van der Waals surface area contributed by atoms with Crippen LogP contribution in [0.3, 0.4) is 0 Å². The normalized spacial score (nSPS) is 12.6. The first kappa shape index (κ1) is 12.0. The van der Waals surface area contributed by atoms with Crippen molar-refractivity contribution in [1.29, 1.82) is 0 Å². The highest BCUT2D eigenvalue weighted by Crippen LogP contribution is 2.17. The molecule has 0 amide bonds. The first-order valence-electron chi connectivity index (χ1n) is 5.06. The summed E-state index contributed by atoms with van der Waals surface area (Å²) >= 11 is 0. The van der Waals surface area contributed by atoms with Crippen LogP contribution in [0.25, 0.3) is 0 Å². The third-order valence-electron chi connectivity index (χ3n) is 2.31. The number of nitrogens with zero attached hydrogens (tertiary/aromatic N) is 1. The first-order valence-corrected chi connectivity index (χ1v) is 5.06. The van der Waals surface area contributed by atoms with Gasteiger partial charge >= 0.3 is 0 Å². The van der Waals surface area contributed by atoms with Crippen LogP contribution in [-0.4, -0.2) is 31.5 Å². The highest BCUT2D eigenvalue weighted by molar-refractivity contribution is 5.50. The second kappa shape index (κ2) is 5.12. The second-order valence-electron chi connectivity index (χ2n) is 4.03. The Kier molecular flexibility index (Phi) is 4.09.